The summed E-state index contributed by atoms with van der Waals surface area (Å²) in [5.74, 6) is 0.722. The van der Waals surface area contributed by atoms with Gasteiger partial charge in [0.25, 0.3) is 5.91 Å². The lowest BCUT2D eigenvalue weighted by atomic mass is 10.1. The van der Waals surface area contributed by atoms with E-state index in [1.165, 1.54) is 4.88 Å². The molecule has 0 bridgehead atoms. The molecule has 0 aliphatic carbocycles. The van der Waals surface area contributed by atoms with Gasteiger partial charge in [0.05, 0.1) is 29.3 Å². The second-order valence-electron chi connectivity index (χ2n) is 6.60. The molecule has 5 nitrogen and oxygen atoms in total. The molecule has 1 saturated heterocycles. The number of nitrogens with zero attached hydrogens (tertiary/aromatic N) is 3. The number of aromatic nitrogens is 1. The molecule has 1 fully saturated rings. The van der Waals surface area contributed by atoms with Gasteiger partial charge >= 0.3 is 0 Å². The van der Waals surface area contributed by atoms with Gasteiger partial charge in [-0.05, 0) is 30.5 Å². The van der Waals surface area contributed by atoms with Gasteiger partial charge in [0.2, 0.25) is 0 Å². The van der Waals surface area contributed by atoms with Crippen LogP contribution in [0.1, 0.15) is 22.3 Å². The minimum absolute atomic E-state index is 0.0536. The number of hydrogen-bond acceptors (Lipinski definition) is 6. The number of benzene rings is 1. The van der Waals surface area contributed by atoms with Crippen LogP contribution in [-0.4, -0.2) is 53.5 Å². The minimum Gasteiger partial charge on any atom is -0.493 e. The number of thiophene rings is 1. The molecule has 146 valence electrons. The van der Waals surface area contributed by atoms with E-state index in [1.54, 1.807) is 22.7 Å². The SMILES string of the molecule is CCOc1ccccc1C(=O)N1CCN(Cc2nc(-c3cccs3)cs2)CC1. The predicted octanol–water partition coefficient (Wildman–Crippen LogP) is 4.23. The summed E-state index contributed by atoms with van der Waals surface area (Å²) in [6.45, 7) is 6.49. The first kappa shape index (κ1) is 19.1. The van der Waals surface area contributed by atoms with Crippen LogP contribution in [0.5, 0.6) is 5.75 Å². The molecule has 0 saturated carbocycles. The second-order valence-corrected chi connectivity index (χ2v) is 8.49. The Morgan fingerprint density at radius 3 is 2.68 bits per heavy atom. The van der Waals surface area contributed by atoms with Crippen LogP contribution in [0.3, 0.4) is 0 Å². The maximum absolute atomic E-state index is 12.9. The fraction of sp³-hybridized carbons (Fsp3) is 0.333. The first-order valence-corrected chi connectivity index (χ1v) is 11.2. The summed E-state index contributed by atoms with van der Waals surface area (Å²) >= 11 is 3.43. The fourth-order valence-corrected chi connectivity index (χ4v) is 4.91. The predicted molar refractivity (Wildman–Crippen MR) is 114 cm³/mol. The lowest BCUT2D eigenvalue weighted by molar-refractivity contribution is 0.0624. The molecule has 1 aliphatic rings. The molecule has 1 amide bonds. The summed E-state index contributed by atoms with van der Waals surface area (Å²) in [5.41, 5.74) is 1.72. The van der Waals surface area contributed by atoms with Crippen molar-refractivity contribution in [1.82, 2.24) is 14.8 Å². The number of carbonyl (C=O) groups excluding carboxylic acids is 1. The smallest absolute Gasteiger partial charge is 0.257 e. The Morgan fingerprint density at radius 2 is 1.93 bits per heavy atom. The van der Waals surface area contributed by atoms with Crippen LogP contribution in [-0.2, 0) is 6.54 Å². The molecular weight excluding hydrogens is 390 g/mol. The number of thiazole rings is 1. The number of rotatable bonds is 6. The third-order valence-electron chi connectivity index (χ3n) is 4.76. The molecule has 28 heavy (non-hydrogen) atoms. The summed E-state index contributed by atoms with van der Waals surface area (Å²) in [5, 5.41) is 5.34. The van der Waals surface area contributed by atoms with Crippen LogP contribution in [0.15, 0.2) is 47.2 Å². The Bertz CT molecular complexity index is 915. The Balaban J connectivity index is 1.34. The molecule has 7 heteroatoms. The van der Waals surface area contributed by atoms with Gasteiger partial charge in [0, 0.05) is 31.6 Å². The van der Waals surface area contributed by atoms with Crippen molar-refractivity contribution in [3.63, 3.8) is 0 Å². The van der Waals surface area contributed by atoms with Gasteiger partial charge in [-0.2, -0.15) is 0 Å². The van der Waals surface area contributed by atoms with E-state index in [-0.39, 0.29) is 5.91 Å². The summed E-state index contributed by atoms with van der Waals surface area (Å²) < 4.78 is 5.62. The molecule has 1 aromatic carbocycles. The number of piperazine rings is 1. The molecule has 0 radical (unpaired) electrons. The molecule has 3 aromatic rings. The number of para-hydroxylation sites is 1. The van der Waals surface area contributed by atoms with Gasteiger partial charge in [0.15, 0.2) is 0 Å². The highest BCUT2D eigenvalue weighted by Gasteiger charge is 2.24. The van der Waals surface area contributed by atoms with Crippen molar-refractivity contribution in [2.75, 3.05) is 32.8 Å². The number of hydrogen-bond donors (Lipinski definition) is 0. The summed E-state index contributed by atoms with van der Waals surface area (Å²) in [4.78, 5) is 23.2. The zero-order chi connectivity index (χ0) is 19.3. The molecule has 0 N–H and O–H groups in total. The quantitative estimate of drug-likeness (QED) is 0.607. The van der Waals surface area contributed by atoms with E-state index in [1.807, 2.05) is 36.1 Å². The van der Waals surface area contributed by atoms with E-state index in [0.29, 0.717) is 17.9 Å². The van der Waals surface area contributed by atoms with Crippen molar-refractivity contribution in [3.8, 4) is 16.3 Å². The van der Waals surface area contributed by atoms with Crippen LogP contribution in [0, 0.1) is 0 Å². The van der Waals surface area contributed by atoms with Crippen molar-refractivity contribution in [2.45, 2.75) is 13.5 Å². The zero-order valence-electron chi connectivity index (χ0n) is 15.8. The summed E-state index contributed by atoms with van der Waals surface area (Å²) in [6, 6.07) is 11.7. The van der Waals surface area contributed by atoms with E-state index in [9.17, 15) is 4.79 Å². The summed E-state index contributed by atoms with van der Waals surface area (Å²) in [6.07, 6.45) is 0. The lowest BCUT2D eigenvalue weighted by Gasteiger charge is -2.34. The van der Waals surface area contributed by atoms with Crippen LogP contribution < -0.4 is 4.74 Å². The van der Waals surface area contributed by atoms with Crippen LogP contribution in [0.4, 0.5) is 0 Å². The highest BCUT2D eigenvalue weighted by molar-refractivity contribution is 7.14. The average Bonchev–Trinajstić information content (AvgIpc) is 3.41. The molecular formula is C21H23N3O2S2. The van der Waals surface area contributed by atoms with Crippen molar-refractivity contribution in [1.29, 1.82) is 0 Å². The van der Waals surface area contributed by atoms with Crippen molar-refractivity contribution in [2.24, 2.45) is 0 Å². The number of carbonyl (C=O) groups is 1. The van der Waals surface area contributed by atoms with Crippen LogP contribution in [0.25, 0.3) is 10.6 Å². The van der Waals surface area contributed by atoms with E-state index >= 15 is 0 Å². The van der Waals surface area contributed by atoms with Gasteiger partial charge in [-0.3, -0.25) is 9.69 Å². The zero-order valence-corrected chi connectivity index (χ0v) is 17.5. The normalized spacial score (nSPS) is 15.0. The Morgan fingerprint density at radius 1 is 1.11 bits per heavy atom. The second kappa shape index (κ2) is 8.86. The topological polar surface area (TPSA) is 45.7 Å². The van der Waals surface area contributed by atoms with E-state index in [0.717, 1.165) is 43.4 Å². The molecule has 0 unspecified atom stereocenters. The molecule has 4 rings (SSSR count). The van der Waals surface area contributed by atoms with E-state index < -0.39 is 0 Å². The Hall–Kier alpha value is -2.22. The van der Waals surface area contributed by atoms with Crippen molar-refractivity contribution < 1.29 is 9.53 Å². The molecule has 3 heterocycles. The molecule has 0 atom stereocenters. The lowest BCUT2D eigenvalue weighted by Crippen LogP contribution is -2.48. The minimum atomic E-state index is 0.0536. The van der Waals surface area contributed by atoms with Crippen molar-refractivity contribution in [3.05, 3.63) is 57.7 Å². The fourth-order valence-electron chi connectivity index (χ4n) is 3.32. The molecule has 1 aliphatic heterocycles. The maximum atomic E-state index is 12.9. The standard InChI is InChI=1S/C21H23N3O2S2/c1-2-26-18-7-4-3-6-16(18)21(25)24-11-9-23(10-12-24)14-20-22-17(15-28-20)19-8-5-13-27-19/h3-8,13,15H,2,9-12,14H2,1H3. The van der Waals surface area contributed by atoms with Gasteiger partial charge in [-0.25, -0.2) is 4.98 Å². The van der Waals surface area contributed by atoms with Crippen LogP contribution >= 0.6 is 22.7 Å². The van der Waals surface area contributed by atoms with Crippen molar-refractivity contribution >= 4 is 28.6 Å². The Labute approximate surface area is 173 Å². The van der Waals surface area contributed by atoms with E-state index in [2.05, 4.69) is 27.8 Å². The van der Waals surface area contributed by atoms with Crippen LogP contribution in [0.2, 0.25) is 0 Å². The third-order valence-corrected chi connectivity index (χ3v) is 6.49. The van der Waals surface area contributed by atoms with Gasteiger partial charge < -0.3 is 9.64 Å². The Kier molecular flexibility index (Phi) is 6.04. The number of amides is 1. The third kappa shape index (κ3) is 4.27. The van der Waals surface area contributed by atoms with Gasteiger partial charge in [0.1, 0.15) is 10.8 Å². The van der Waals surface area contributed by atoms with E-state index in [4.69, 9.17) is 9.72 Å². The van der Waals surface area contributed by atoms with Gasteiger partial charge in [-0.1, -0.05) is 18.2 Å². The molecule has 2 aromatic heterocycles. The highest BCUT2D eigenvalue weighted by Crippen LogP contribution is 2.27. The molecule has 0 spiro atoms. The summed E-state index contributed by atoms with van der Waals surface area (Å²) in [7, 11) is 0. The highest BCUT2D eigenvalue weighted by atomic mass is 32.1. The van der Waals surface area contributed by atoms with Gasteiger partial charge in [-0.15, -0.1) is 22.7 Å². The first-order valence-electron chi connectivity index (χ1n) is 9.46. The first-order chi connectivity index (χ1) is 13.7. The average molecular weight is 414 g/mol. The maximum Gasteiger partial charge on any atom is 0.257 e. The monoisotopic (exact) mass is 413 g/mol. The number of ether oxygens (including phenoxy) is 1. The largest absolute Gasteiger partial charge is 0.493 e.